The Labute approximate surface area is 128 Å². The summed E-state index contributed by atoms with van der Waals surface area (Å²) in [5.41, 5.74) is 2.93. The van der Waals surface area contributed by atoms with Crippen LogP contribution in [0.25, 0.3) is 0 Å². The van der Waals surface area contributed by atoms with Gasteiger partial charge in [0.15, 0.2) is 0 Å². The van der Waals surface area contributed by atoms with Crippen molar-refractivity contribution in [3.8, 4) is 0 Å². The maximum absolute atomic E-state index is 14.1. The predicted molar refractivity (Wildman–Crippen MR) is 83.3 cm³/mol. The van der Waals surface area contributed by atoms with E-state index in [1.54, 1.807) is 6.07 Å². The van der Waals surface area contributed by atoms with Gasteiger partial charge in [-0.05, 0) is 62.8 Å². The van der Waals surface area contributed by atoms with Gasteiger partial charge >= 0.3 is 0 Å². The lowest BCUT2D eigenvalue weighted by atomic mass is 9.92. The number of fused-ring (bicyclic) bond motifs is 2. The van der Waals surface area contributed by atoms with Gasteiger partial charge in [0.1, 0.15) is 10.8 Å². The molecule has 1 aromatic heterocycles. The molecule has 1 N–H and O–H groups in total. The van der Waals surface area contributed by atoms with Crippen molar-refractivity contribution in [3.63, 3.8) is 0 Å². The standard InChI is InChI=1S/C17H19FN2S/c1-19-17(10-9-11-12(17)5-4-6-13(11)18)16-20-14-7-2-3-8-15(14)21-16/h4-6,19H,2-3,7-10H2,1H3. The van der Waals surface area contributed by atoms with Crippen LogP contribution in [-0.2, 0) is 24.8 Å². The van der Waals surface area contributed by atoms with Crippen LogP contribution in [-0.4, -0.2) is 12.0 Å². The molecule has 0 aliphatic heterocycles. The number of nitrogens with one attached hydrogen (secondary N) is 1. The molecule has 0 amide bonds. The Bertz CT molecular complexity index is 671. The molecule has 0 saturated carbocycles. The van der Waals surface area contributed by atoms with Crippen molar-refractivity contribution in [3.05, 3.63) is 50.7 Å². The Morgan fingerprint density at radius 3 is 2.90 bits per heavy atom. The molecule has 0 radical (unpaired) electrons. The first kappa shape index (κ1) is 13.4. The number of hydrogen-bond donors (Lipinski definition) is 1. The quantitative estimate of drug-likeness (QED) is 0.917. The Balaban J connectivity index is 1.86. The molecule has 4 rings (SSSR count). The zero-order valence-corrected chi connectivity index (χ0v) is 13.0. The van der Waals surface area contributed by atoms with Gasteiger partial charge in [0, 0.05) is 4.88 Å². The van der Waals surface area contributed by atoms with Gasteiger partial charge in [-0.25, -0.2) is 9.37 Å². The fraction of sp³-hybridized carbons (Fsp3) is 0.471. The summed E-state index contributed by atoms with van der Waals surface area (Å²) in [4.78, 5) is 6.38. The molecule has 110 valence electrons. The van der Waals surface area contributed by atoms with E-state index < -0.39 is 0 Å². The molecule has 2 aliphatic carbocycles. The summed E-state index contributed by atoms with van der Waals surface area (Å²) in [6.45, 7) is 0. The van der Waals surface area contributed by atoms with Crippen molar-refractivity contribution in [2.75, 3.05) is 7.05 Å². The summed E-state index contributed by atoms with van der Waals surface area (Å²) in [6.07, 6.45) is 6.45. The minimum atomic E-state index is -0.292. The van der Waals surface area contributed by atoms with Crippen molar-refractivity contribution >= 4 is 11.3 Å². The van der Waals surface area contributed by atoms with Crippen LogP contribution in [0.2, 0.25) is 0 Å². The minimum absolute atomic E-state index is 0.0778. The first-order chi connectivity index (χ1) is 10.2. The van der Waals surface area contributed by atoms with Gasteiger partial charge in [-0.3, -0.25) is 0 Å². The fourth-order valence-electron chi connectivity index (χ4n) is 3.78. The summed E-state index contributed by atoms with van der Waals surface area (Å²) < 4.78 is 14.1. The number of benzene rings is 1. The second-order valence-corrected chi connectivity index (χ2v) is 7.10. The van der Waals surface area contributed by atoms with E-state index >= 15 is 0 Å². The molecule has 0 fully saturated rings. The van der Waals surface area contributed by atoms with Gasteiger partial charge < -0.3 is 5.32 Å². The third-order valence-electron chi connectivity index (χ3n) is 4.97. The van der Waals surface area contributed by atoms with Crippen molar-refractivity contribution in [2.24, 2.45) is 0 Å². The summed E-state index contributed by atoms with van der Waals surface area (Å²) >= 11 is 1.83. The van der Waals surface area contributed by atoms with E-state index in [1.807, 2.05) is 24.5 Å². The van der Waals surface area contributed by atoms with E-state index in [0.717, 1.165) is 41.8 Å². The van der Waals surface area contributed by atoms with Crippen molar-refractivity contribution in [1.82, 2.24) is 10.3 Å². The molecular weight excluding hydrogens is 283 g/mol. The highest BCUT2D eigenvalue weighted by molar-refractivity contribution is 7.12. The Morgan fingerprint density at radius 2 is 2.10 bits per heavy atom. The molecule has 1 atom stereocenters. The van der Waals surface area contributed by atoms with E-state index in [0.29, 0.717) is 0 Å². The number of rotatable bonds is 2. The molecule has 0 saturated heterocycles. The molecule has 21 heavy (non-hydrogen) atoms. The van der Waals surface area contributed by atoms with E-state index in [-0.39, 0.29) is 11.4 Å². The first-order valence-corrected chi connectivity index (χ1v) is 8.52. The van der Waals surface area contributed by atoms with E-state index in [1.165, 1.54) is 23.4 Å². The van der Waals surface area contributed by atoms with Crippen LogP contribution >= 0.6 is 11.3 Å². The van der Waals surface area contributed by atoms with Crippen LogP contribution in [0.3, 0.4) is 0 Å². The smallest absolute Gasteiger partial charge is 0.126 e. The summed E-state index contributed by atoms with van der Waals surface area (Å²) in [5, 5.41) is 4.59. The van der Waals surface area contributed by atoms with Gasteiger partial charge in [-0.2, -0.15) is 0 Å². The topological polar surface area (TPSA) is 24.9 Å². The first-order valence-electron chi connectivity index (χ1n) is 7.70. The average molecular weight is 302 g/mol. The van der Waals surface area contributed by atoms with Crippen LogP contribution in [0.5, 0.6) is 0 Å². The maximum atomic E-state index is 14.1. The van der Waals surface area contributed by atoms with Crippen LogP contribution < -0.4 is 5.32 Å². The lowest BCUT2D eigenvalue weighted by Gasteiger charge is -2.28. The Morgan fingerprint density at radius 1 is 1.24 bits per heavy atom. The SMILES string of the molecule is CNC1(c2nc3c(s2)CCCC3)CCc2c(F)cccc21. The van der Waals surface area contributed by atoms with E-state index in [4.69, 9.17) is 4.98 Å². The highest BCUT2D eigenvalue weighted by Gasteiger charge is 2.43. The molecule has 1 heterocycles. The molecule has 2 nitrogen and oxygen atoms in total. The molecule has 0 spiro atoms. The third-order valence-corrected chi connectivity index (χ3v) is 6.29. The zero-order valence-electron chi connectivity index (χ0n) is 12.2. The van der Waals surface area contributed by atoms with Crippen molar-refractivity contribution < 1.29 is 4.39 Å². The third kappa shape index (κ3) is 1.89. The Kier molecular flexibility index (Phi) is 3.12. The van der Waals surface area contributed by atoms with Gasteiger partial charge in [0.05, 0.1) is 11.2 Å². The van der Waals surface area contributed by atoms with Gasteiger partial charge in [-0.1, -0.05) is 12.1 Å². The van der Waals surface area contributed by atoms with Crippen LogP contribution in [0, 0.1) is 5.82 Å². The predicted octanol–water partition coefficient (Wildman–Crippen LogP) is 3.57. The van der Waals surface area contributed by atoms with Gasteiger partial charge in [0.2, 0.25) is 0 Å². The van der Waals surface area contributed by atoms with Gasteiger partial charge in [-0.15, -0.1) is 11.3 Å². The number of hydrogen-bond acceptors (Lipinski definition) is 3. The Hall–Kier alpha value is -1.26. The fourth-order valence-corrected chi connectivity index (χ4v) is 5.17. The highest BCUT2D eigenvalue weighted by Crippen LogP contribution is 2.45. The molecule has 1 aromatic carbocycles. The van der Waals surface area contributed by atoms with Crippen molar-refractivity contribution in [1.29, 1.82) is 0 Å². The molecular formula is C17H19FN2S. The van der Waals surface area contributed by atoms with Gasteiger partial charge in [0.25, 0.3) is 0 Å². The zero-order chi connectivity index (χ0) is 14.4. The highest BCUT2D eigenvalue weighted by atomic mass is 32.1. The largest absolute Gasteiger partial charge is 0.305 e. The normalized spacial score (nSPS) is 23.9. The minimum Gasteiger partial charge on any atom is -0.305 e. The molecule has 4 heteroatoms. The number of aryl methyl sites for hydroxylation is 2. The number of thiazole rings is 1. The van der Waals surface area contributed by atoms with Crippen LogP contribution in [0.1, 0.15) is 46.0 Å². The lowest BCUT2D eigenvalue weighted by molar-refractivity contribution is 0.433. The summed E-state index contributed by atoms with van der Waals surface area (Å²) in [6, 6.07) is 5.44. The lowest BCUT2D eigenvalue weighted by Crippen LogP contribution is -2.39. The molecule has 1 unspecified atom stereocenters. The van der Waals surface area contributed by atoms with Crippen LogP contribution in [0.15, 0.2) is 18.2 Å². The van der Waals surface area contributed by atoms with E-state index in [2.05, 4.69) is 11.4 Å². The molecule has 0 bridgehead atoms. The average Bonchev–Trinajstić information content (AvgIpc) is 3.10. The number of nitrogens with zero attached hydrogens (tertiary/aromatic N) is 1. The van der Waals surface area contributed by atoms with Crippen LogP contribution in [0.4, 0.5) is 4.39 Å². The number of halogens is 1. The summed E-state index contributed by atoms with van der Waals surface area (Å²) in [5.74, 6) is -0.0778. The monoisotopic (exact) mass is 302 g/mol. The van der Waals surface area contributed by atoms with Crippen molar-refractivity contribution in [2.45, 2.75) is 44.1 Å². The molecule has 2 aromatic rings. The number of aromatic nitrogens is 1. The maximum Gasteiger partial charge on any atom is 0.126 e. The molecule has 2 aliphatic rings. The van der Waals surface area contributed by atoms with E-state index in [9.17, 15) is 4.39 Å². The second kappa shape index (κ2) is 4.89. The summed E-state index contributed by atoms with van der Waals surface area (Å²) in [7, 11) is 1.97. The second-order valence-electron chi connectivity index (χ2n) is 6.02.